The van der Waals surface area contributed by atoms with Crippen LogP contribution in [0.25, 0.3) is 10.8 Å². The lowest BCUT2D eigenvalue weighted by Gasteiger charge is -2.17. The molecule has 8 heteroatoms. The summed E-state index contributed by atoms with van der Waals surface area (Å²) >= 11 is 3.34. The summed E-state index contributed by atoms with van der Waals surface area (Å²) in [5.41, 5.74) is 0.946. The molecule has 1 saturated carbocycles. The number of rotatable bonds is 6. The van der Waals surface area contributed by atoms with Crippen LogP contribution in [-0.2, 0) is 5.75 Å². The van der Waals surface area contributed by atoms with Crippen molar-refractivity contribution in [2.75, 3.05) is 18.0 Å². The zero-order valence-corrected chi connectivity index (χ0v) is 15.4. The number of hydrogen-bond acceptors (Lipinski definition) is 7. The topological polar surface area (TPSA) is 60.0 Å². The highest BCUT2D eigenvalue weighted by Crippen LogP contribution is 2.41. The molecule has 2 aliphatic rings. The molecule has 0 radical (unpaired) electrons. The smallest absolute Gasteiger partial charge is 0.236 e. The summed E-state index contributed by atoms with van der Waals surface area (Å²) in [4.78, 5) is 8.04. The van der Waals surface area contributed by atoms with E-state index in [0.717, 1.165) is 40.5 Å². The summed E-state index contributed by atoms with van der Waals surface area (Å²) in [5, 5.41) is 12.0. The van der Waals surface area contributed by atoms with Gasteiger partial charge in [0.15, 0.2) is 5.16 Å². The van der Waals surface area contributed by atoms with Gasteiger partial charge in [0.2, 0.25) is 11.8 Å². The van der Waals surface area contributed by atoms with Crippen molar-refractivity contribution >= 4 is 29.0 Å². The maximum absolute atomic E-state index is 5.61. The lowest BCUT2D eigenvalue weighted by molar-refractivity contribution is 0.575. The van der Waals surface area contributed by atoms with E-state index in [9.17, 15) is 0 Å². The molecule has 5 rings (SSSR count). The van der Waals surface area contributed by atoms with Crippen LogP contribution in [0.5, 0.6) is 0 Å². The Kier molecular flexibility index (Phi) is 4.01. The van der Waals surface area contributed by atoms with E-state index in [1.165, 1.54) is 25.7 Å². The van der Waals surface area contributed by atoms with Gasteiger partial charge in [-0.05, 0) is 37.1 Å². The first-order valence-electron chi connectivity index (χ1n) is 8.69. The maximum Gasteiger partial charge on any atom is 0.236 e. The minimum atomic E-state index is 0.576. The monoisotopic (exact) mass is 373 g/mol. The Morgan fingerprint density at radius 2 is 2.12 bits per heavy atom. The average Bonchev–Trinajstić information content (AvgIpc) is 3.16. The number of anilines is 1. The zero-order chi connectivity index (χ0) is 16.6. The minimum absolute atomic E-state index is 0.576. The molecule has 1 saturated heterocycles. The standard InChI is InChI=1S/C17H19N5OS2/c1-2-8-21(7-1)16-19-20-17(22(16)13-5-6-13)25-11-12-10-23-15(18-12)14-4-3-9-24-14/h3-4,9-10,13H,1-2,5-8,11H2. The summed E-state index contributed by atoms with van der Waals surface area (Å²) in [7, 11) is 0. The molecular weight excluding hydrogens is 354 g/mol. The van der Waals surface area contributed by atoms with E-state index in [1.54, 1.807) is 29.4 Å². The van der Waals surface area contributed by atoms with Crippen LogP contribution < -0.4 is 4.90 Å². The number of aromatic nitrogens is 4. The van der Waals surface area contributed by atoms with Gasteiger partial charge in [0, 0.05) is 24.9 Å². The lowest BCUT2D eigenvalue weighted by atomic mass is 10.4. The lowest BCUT2D eigenvalue weighted by Crippen LogP contribution is -2.22. The molecule has 0 amide bonds. The first-order chi connectivity index (χ1) is 12.4. The van der Waals surface area contributed by atoms with E-state index in [1.807, 2.05) is 17.5 Å². The van der Waals surface area contributed by atoms with Gasteiger partial charge in [-0.15, -0.1) is 21.5 Å². The van der Waals surface area contributed by atoms with Crippen molar-refractivity contribution in [2.45, 2.75) is 42.6 Å². The van der Waals surface area contributed by atoms with Gasteiger partial charge in [0.1, 0.15) is 6.26 Å². The molecule has 1 aliphatic heterocycles. The molecule has 25 heavy (non-hydrogen) atoms. The van der Waals surface area contributed by atoms with Crippen LogP contribution in [-0.4, -0.2) is 32.8 Å². The Hall–Kier alpha value is -1.80. The quantitative estimate of drug-likeness (QED) is 0.603. The van der Waals surface area contributed by atoms with Crippen LogP contribution in [0.3, 0.4) is 0 Å². The van der Waals surface area contributed by atoms with Crippen LogP contribution >= 0.6 is 23.1 Å². The molecule has 0 unspecified atom stereocenters. The van der Waals surface area contributed by atoms with Gasteiger partial charge < -0.3 is 9.32 Å². The molecule has 0 atom stereocenters. The zero-order valence-electron chi connectivity index (χ0n) is 13.8. The third-order valence-electron chi connectivity index (χ3n) is 4.58. The van der Waals surface area contributed by atoms with Crippen molar-refractivity contribution in [3.63, 3.8) is 0 Å². The molecule has 3 aromatic rings. The Balaban J connectivity index is 1.33. The SMILES string of the molecule is c1csc(-c2nc(CSc3nnc(N4CCCC4)n3C3CC3)co2)c1. The molecular formula is C17H19N5OS2. The first-order valence-corrected chi connectivity index (χ1v) is 10.6. The van der Waals surface area contributed by atoms with Crippen LogP contribution in [0.15, 0.2) is 33.3 Å². The van der Waals surface area contributed by atoms with Crippen molar-refractivity contribution in [1.29, 1.82) is 0 Å². The second-order valence-electron chi connectivity index (χ2n) is 6.49. The maximum atomic E-state index is 5.61. The highest BCUT2D eigenvalue weighted by atomic mass is 32.2. The van der Waals surface area contributed by atoms with E-state index in [-0.39, 0.29) is 0 Å². The van der Waals surface area contributed by atoms with Crippen LogP contribution in [0, 0.1) is 0 Å². The Morgan fingerprint density at radius 3 is 2.88 bits per heavy atom. The Bertz CT molecular complexity index is 846. The summed E-state index contributed by atoms with van der Waals surface area (Å²) < 4.78 is 7.95. The molecule has 0 aromatic carbocycles. The number of hydrogen-bond donors (Lipinski definition) is 0. The fraction of sp³-hybridized carbons (Fsp3) is 0.471. The Morgan fingerprint density at radius 1 is 1.24 bits per heavy atom. The minimum Gasteiger partial charge on any atom is -0.444 e. The van der Waals surface area contributed by atoms with Crippen LogP contribution in [0.2, 0.25) is 0 Å². The van der Waals surface area contributed by atoms with Crippen molar-refractivity contribution in [1.82, 2.24) is 19.7 Å². The van der Waals surface area contributed by atoms with E-state index in [4.69, 9.17) is 4.42 Å². The van der Waals surface area contributed by atoms with E-state index in [0.29, 0.717) is 11.9 Å². The van der Waals surface area contributed by atoms with E-state index >= 15 is 0 Å². The highest BCUT2D eigenvalue weighted by molar-refractivity contribution is 7.98. The van der Waals surface area contributed by atoms with Crippen molar-refractivity contribution in [2.24, 2.45) is 0 Å². The van der Waals surface area contributed by atoms with Gasteiger partial charge in [0.05, 0.1) is 10.6 Å². The van der Waals surface area contributed by atoms with Gasteiger partial charge in [-0.1, -0.05) is 17.8 Å². The van der Waals surface area contributed by atoms with Gasteiger partial charge >= 0.3 is 0 Å². The van der Waals surface area contributed by atoms with E-state index in [2.05, 4.69) is 24.6 Å². The molecule has 3 aromatic heterocycles. The van der Waals surface area contributed by atoms with Crippen molar-refractivity contribution in [3.8, 4) is 10.8 Å². The molecule has 0 spiro atoms. The van der Waals surface area contributed by atoms with Crippen LogP contribution in [0.4, 0.5) is 5.95 Å². The third kappa shape index (κ3) is 3.08. The number of thiophene rings is 1. The molecule has 2 fully saturated rings. The van der Waals surface area contributed by atoms with Gasteiger partial charge in [-0.3, -0.25) is 4.57 Å². The largest absolute Gasteiger partial charge is 0.444 e. The molecule has 6 nitrogen and oxygen atoms in total. The van der Waals surface area contributed by atoms with Crippen molar-refractivity contribution < 1.29 is 4.42 Å². The fourth-order valence-corrected chi connectivity index (χ4v) is 4.71. The number of thioether (sulfide) groups is 1. The summed E-state index contributed by atoms with van der Waals surface area (Å²) in [5.74, 6) is 2.51. The van der Waals surface area contributed by atoms with Gasteiger partial charge in [0.25, 0.3) is 0 Å². The second kappa shape index (κ2) is 6.49. The number of nitrogens with zero attached hydrogens (tertiary/aromatic N) is 5. The summed E-state index contributed by atoms with van der Waals surface area (Å²) in [6.45, 7) is 2.20. The summed E-state index contributed by atoms with van der Waals surface area (Å²) in [6.07, 6.45) is 6.73. The predicted octanol–water partition coefficient (Wildman–Crippen LogP) is 4.22. The molecule has 130 valence electrons. The highest BCUT2D eigenvalue weighted by Gasteiger charge is 2.32. The summed E-state index contributed by atoms with van der Waals surface area (Å²) in [6, 6.07) is 4.61. The average molecular weight is 374 g/mol. The molecule has 1 aliphatic carbocycles. The third-order valence-corrected chi connectivity index (χ3v) is 6.41. The van der Waals surface area contributed by atoms with Crippen molar-refractivity contribution in [3.05, 3.63) is 29.5 Å². The van der Waals surface area contributed by atoms with E-state index < -0.39 is 0 Å². The van der Waals surface area contributed by atoms with Gasteiger partial charge in [-0.25, -0.2) is 4.98 Å². The Labute approximate surface area is 154 Å². The first kappa shape index (κ1) is 15.5. The molecule has 4 heterocycles. The van der Waals surface area contributed by atoms with Crippen LogP contribution in [0.1, 0.15) is 37.4 Å². The second-order valence-corrected chi connectivity index (χ2v) is 8.38. The number of oxazole rings is 1. The molecule has 0 bridgehead atoms. The fourth-order valence-electron chi connectivity index (χ4n) is 3.18. The normalized spacial score (nSPS) is 17.5. The van der Waals surface area contributed by atoms with Gasteiger partial charge in [-0.2, -0.15) is 0 Å². The predicted molar refractivity (Wildman–Crippen MR) is 99.1 cm³/mol. The molecule has 0 N–H and O–H groups in total.